The van der Waals surface area contributed by atoms with Crippen LogP contribution in [0.1, 0.15) is 34.9 Å². The molecule has 5 nitrogen and oxygen atoms in total. The van der Waals surface area contributed by atoms with E-state index in [1.54, 1.807) is 11.3 Å². The minimum absolute atomic E-state index is 0.236. The highest BCUT2D eigenvalue weighted by molar-refractivity contribution is 7.80. The number of allylic oxidation sites excluding steroid dienone is 1. The summed E-state index contributed by atoms with van der Waals surface area (Å²) in [5.41, 5.74) is 4.95. The number of hydrogen-bond donors (Lipinski definition) is 1. The Balaban J connectivity index is 1.60. The van der Waals surface area contributed by atoms with E-state index in [4.69, 9.17) is 33.3 Å². The summed E-state index contributed by atoms with van der Waals surface area (Å²) in [6.07, 6.45) is 0. The zero-order valence-electron chi connectivity index (χ0n) is 18.1. The summed E-state index contributed by atoms with van der Waals surface area (Å²) in [6.45, 7) is 4.77. The number of benzene rings is 2. The van der Waals surface area contributed by atoms with Gasteiger partial charge in [0.15, 0.2) is 5.11 Å². The average molecular weight is 493 g/mol. The van der Waals surface area contributed by atoms with E-state index in [0.29, 0.717) is 28.4 Å². The first-order chi connectivity index (χ1) is 16.0. The molecular weight excluding hydrogens is 472 g/mol. The number of thiophene rings is 1. The second-order valence-electron chi connectivity index (χ2n) is 7.89. The highest BCUT2D eigenvalue weighted by Crippen LogP contribution is 2.38. The summed E-state index contributed by atoms with van der Waals surface area (Å²) in [6, 6.07) is 19.7. The van der Waals surface area contributed by atoms with Crippen LogP contribution in [0.5, 0.6) is 0 Å². The third kappa shape index (κ3) is 4.44. The van der Waals surface area contributed by atoms with E-state index >= 15 is 0 Å². The van der Waals surface area contributed by atoms with Crippen LogP contribution >= 0.6 is 35.2 Å². The lowest BCUT2D eigenvalue weighted by molar-refractivity contribution is 0.396. The second kappa shape index (κ2) is 9.09. The average Bonchev–Trinajstić information content (AvgIpc) is 3.49. The van der Waals surface area contributed by atoms with Gasteiger partial charge in [-0.15, -0.1) is 11.3 Å². The summed E-state index contributed by atoms with van der Waals surface area (Å²) in [7, 11) is 0. The molecule has 3 heterocycles. The molecule has 1 aliphatic rings. The number of hydrogen-bond acceptors (Lipinski definition) is 5. The van der Waals surface area contributed by atoms with Gasteiger partial charge in [0.1, 0.15) is 0 Å². The van der Waals surface area contributed by atoms with Gasteiger partial charge in [-0.25, -0.2) is 0 Å². The summed E-state index contributed by atoms with van der Waals surface area (Å²) >= 11 is 13.6. The summed E-state index contributed by atoms with van der Waals surface area (Å²) in [4.78, 5) is 8.08. The zero-order valence-corrected chi connectivity index (χ0v) is 20.5. The Morgan fingerprint density at radius 1 is 1.12 bits per heavy atom. The van der Waals surface area contributed by atoms with E-state index in [9.17, 15) is 0 Å². The maximum atomic E-state index is 6.14. The van der Waals surface area contributed by atoms with Crippen LogP contribution in [-0.2, 0) is 6.54 Å². The van der Waals surface area contributed by atoms with Crippen molar-refractivity contribution in [1.29, 1.82) is 0 Å². The first-order valence-corrected chi connectivity index (χ1v) is 12.1. The molecule has 5 rings (SSSR count). The Morgan fingerprint density at radius 2 is 1.94 bits per heavy atom. The van der Waals surface area contributed by atoms with Gasteiger partial charge < -0.3 is 14.7 Å². The Bertz CT molecular complexity index is 1330. The van der Waals surface area contributed by atoms with Crippen molar-refractivity contribution in [2.45, 2.75) is 26.4 Å². The maximum absolute atomic E-state index is 6.14. The van der Waals surface area contributed by atoms with Crippen molar-refractivity contribution in [2.24, 2.45) is 0 Å². The molecule has 4 aromatic rings. The van der Waals surface area contributed by atoms with Crippen molar-refractivity contribution in [3.8, 4) is 11.4 Å². The van der Waals surface area contributed by atoms with Crippen LogP contribution in [0.4, 0.5) is 0 Å². The molecule has 2 aromatic carbocycles. The van der Waals surface area contributed by atoms with Crippen molar-refractivity contribution >= 4 is 45.8 Å². The molecule has 0 amide bonds. The molecule has 0 bridgehead atoms. The number of nitrogens with zero attached hydrogens (tertiary/aromatic N) is 3. The molecule has 0 radical (unpaired) electrons. The number of thiocarbonyl (C=S) groups is 1. The highest BCUT2D eigenvalue weighted by Gasteiger charge is 2.34. The Labute approximate surface area is 206 Å². The molecule has 8 heteroatoms. The van der Waals surface area contributed by atoms with Crippen molar-refractivity contribution in [3.63, 3.8) is 0 Å². The minimum atomic E-state index is -0.236. The smallest absolute Gasteiger partial charge is 0.258 e. The molecule has 0 spiro atoms. The first-order valence-electron chi connectivity index (χ1n) is 10.5. The van der Waals surface area contributed by atoms with Crippen LogP contribution in [0.15, 0.2) is 76.3 Å². The molecule has 1 N–H and O–H groups in total. The standard InChI is InChI=1S/C25H21ClN4OS2/c1-15-5-3-6-18(13-15)23-28-24(31-29-23)21-16(2)30(14-20-7-4-12-33-20)25(32)27-22(21)17-8-10-19(26)11-9-17/h3-13,22H,14H2,1-2H3,(H,27,32). The van der Waals surface area contributed by atoms with Gasteiger partial charge in [-0.2, -0.15) is 4.98 Å². The summed E-state index contributed by atoms with van der Waals surface area (Å²) < 4.78 is 5.81. The van der Waals surface area contributed by atoms with E-state index in [0.717, 1.165) is 28.0 Å². The topological polar surface area (TPSA) is 54.2 Å². The van der Waals surface area contributed by atoms with Crippen molar-refractivity contribution in [1.82, 2.24) is 20.4 Å². The zero-order chi connectivity index (χ0) is 22.9. The van der Waals surface area contributed by atoms with E-state index in [-0.39, 0.29) is 6.04 Å². The van der Waals surface area contributed by atoms with Gasteiger partial charge in [0, 0.05) is 21.2 Å². The molecule has 2 aromatic heterocycles. The molecule has 166 valence electrons. The molecule has 0 saturated heterocycles. The Kier molecular flexibility index (Phi) is 6.01. The van der Waals surface area contributed by atoms with E-state index in [2.05, 4.69) is 33.7 Å². The third-order valence-electron chi connectivity index (χ3n) is 5.63. The number of rotatable bonds is 5. The van der Waals surface area contributed by atoms with Crippen LogP contribution in [0.2, 0.25) is 5.02 Å². The number of aromatic nitrogens is 2. The molecule has 1 aliphatic heterocycles. The fourth-order valence-electron chi connectivity index (χ4n) is 3.95. The van der Waals surface area contributed by atoms with Crippen LogP contribution in [0.25, 0.3) is 17.0 Å². The molecule has 0 saturated carbocycles. The summed E-state index contributed by atoms with van der Waals surface area (Å²) in [5.74, 6) is 1.02. The molecule has 1 atom stereocenters. The maximum Gasteiger partial charge on any atom is 0.258 e. The predicted octanol–water partition coefficient (Wildman–Crippen LogP) is 6.62. The number of aryl methyl sites for hydroxylation is 1. The van der Waals surface area contributed by atoms with Crippen LogP contribution < -0.4 is 5.32 Å². The van der Waals surface area contributed by atoms with Gasteiger partial charge in [0.05, 0.1) is 18.2 Å². The fourth-order valence-corrected chi connectivity index (χ4v) is 5.08. The van der Waals surface area contributed by atoms with Gasteiger partial charge in [-0.1, -0.05) is 58.7 Å². The first kappa shape index (κ1) is 21.8. The third-order valence-corrected chi connectivity index (χ3v) is 7.08. The van der Waals surface area contributed by atoms with Crippen LogP contribution in [-0.4, -0.2) is 20.2 Å². The predicted molar refractivity (Wildman–Crippen MR) is 137 cm³/mol. The van der Waals surface area contributed by atoms with Crippen molar-refractivity contribution in [3.05, 3.63) is 98.7 Å². The van der Waals surface area contributed by atoms with Crippen molar-refractivity contribution in [2.75, 3.05) is 0 Å². The normalized spacial score (nSPS) is 16.3. The van der Waals surface area contributed by atoms with Gasteiger partial charge in [-0.3, -0.25) is 0 Å². The monoisotopic (exact) mass is 492 g/mol. The van der Waals surface area contributed by atoms with E-state index in [1.807, 2.05) is 61.5 Å². The minimum Gasteiger partial charge on any atom is -0.351 e. The Morgan fingerprint density at radius 3 is 2.67 bits per heavy atom. The highest BCUT2D eigenvalue weighted by atomic mass is 35.5. The lowest BCUT2D eigenvalue weighted by Gasteiger charge is -2.37. The van der Waals surface area contributed by atoms with Crippen LogP contribution in [0, 0.1) is 6.92 Å². The molecule has 0 fully saturated rings. The van der Waals surface area contributed by atoms with Crippen LogP contribution in [0.3, 0.4) is 0 Å². The number of nitrogens with one attached hydrogen (secondary N) is 1. The van der Waals surface area contributed by atoms with Gasteiger partial charge in [-0.05, 0) is 61.3 Å². The molecule has 0 aliphatic carbocycles. The second-order valence-corrected chi connectivity index (χ2v) is 9.75. The van der Waals surface area contributed by atoms with Crippen molar-refractivity contribution < 1.29 is 4.52 Å². The number of halogens is 1. The lowest BCUT2D eigenvalue weighted by atomic mass is 9.95. The quantitative estimate of drug-likeness (QED) is 0.316. The van der Waals surface area contributed by atoms with Gasteiger partial charge in [0.25, 0.3) is 5.89 Å². The Hall–Kier alpha value is -3.00. The van der Waals surface area contributed by atoms with Gasteiger partial charge >= 0.3 is 0 Å². The molecular formula is C25H21ClN4OS2. The van der Waals surface area contributed by atoms with E-state index in [1.165, 1.54) is 4.88 Å². The largest absolute Gasteiger partial charge is 0.351 e. The molecule has 33 heavy (non-hydrogen) atoms. The van der Waals surface area contributed by atoms with Gasteiger partial charge in [0.2, 0.25) is 5.82 Å². The summed E-state index contributed by atoms with van der Waals surface area (Å²) in [5, 5.41) is 11.2. The van der Waals surface area contributed by atoms with E-state index < -0.39 is 0 Å². The SMILES string of the molecule is CC1=C(c2nc(-c3cccc(C)c3)no2)C(c2ccc(Cl)cc2)NC(=S)N1Cc1cccs1. The fraction of sp³-hybridized carbons (Fsp3) is 0.160. The molecule has 1 unspecified atom stereocenters. The lowest BCUT2D eigenvalue weighted by Crippen LogP contribution is -2.45.